The van der Waals surface area contributed by atoms with Gasteiger partial charge in [-0.15, -0.1) is 10.2 Å². The zero-order valence-electron chi connectivity index (χ0n) is 11.1. The Labute approximate surface area is 126 Å². The average molecular weight is 330 g/mol. The maximum atomic E-state index is 12.4. The zero-order chi connectivity index (χ0) is 16.3. The van der Waals surface area contributed by atoms with Crippen molar-refractivity contribution in [2.24, 2.45) is 0 Å². The van der Waals surface area contributed by atoms with Crippen LogP contribution in [0.4, 0.5) is 24.0 Å². The molecule has 1 aromatic heterocycles. The van der Waals surface area contributed by atoms with Gasteiger partial charge in [-0.3, -0.25) is 14.9 Å². The molecule has 0 radical (unpaired) electrons. The van der Waals surface area contributed by atoms with Crippen molar-refractivity contribution in [1.82, 2.24) is 10.2 Å². The molecule has 1 aromatic carbocycles. The van der Waals surface area contributed by atoms with Gasteiger partial charge < -0.3 is 5.32 Å². The summed E-state index contributed by atoms with van der Waals surface area (Å²) in [5.41, 5.74) is 0.706. The van der Waals surface area contributed by atoms with Gasteiger partial charge in [0.05, 0.1) is 0 Å². The van der Waals surface area contributed by atoms with Gasteiger partial charge in [0.2, 0.25) is 16.0 Å². The highest BCUT2D eigenvalue weighted by Gasteiger charge is 2.35. The lowest BCUT2D eigenvalue weighted by Crippen LogP contribution is -2.12. The Hall–Kier alpha value is -2.49. The van der Waals surface area contributed by atoms with Crippen molar-refractivity contribution in [2.75, 3.05) is 10.6 Å². The van der Waals surface area contributed by atoms with Crippen LogP contribution in [0.1, 0.15) is 22.3 Å². The lowest BCUT2D eigenvalue weighted by Gasteiger charge is -2.04. The summed E-state index contributed by atoms with van der Waals surface area (Å²) in [6.45, 7) is 1.34. The van der Waals surface area contributed by atoms with E-state index < -0.39 is 17.1 Å². The summed E-state index contributed by atoms with van der Waals surface area (Å²) in [6, 6.07) is 5.84. The lowest BCUT2D eigenvalue weighted by molar-refractivity contribution is -0.138. The van der Waals surface area contributed by atoms with Crippen molar-refractivity contribution in [1.29, 1.82) is 0 Å². The first kappa shape index (κ1) is 15.9. The molecule has 0 aliphatic rings. The summed E-state index contributed by atoms with van der Waals surface area (Å²) in [7, 11) is 0. The molecule has 0 unspecified atom stereocenters. The van der Waals surface area contributed by atoms with E-state index in [4.69, 9.17) is 0 Å². The molecule has 0 aliphatic carbocycles. The first-order chi connectivity index (χ1) is 10.3. The Kier molecular flexibility index (Phi) is 4.40. The van der Waals surface area contributed by atoms with Gasteiger partial charge in [-0.05, 0) is 24.3 Å². The van der Waals surface area contributed by atoms with Crippen LogP contribution in [0.25, 0.3) is 0 Å². The van der Waals surface area contributed by atoms with E-state index in [-0.39, 0.29) is 27.9 Å². The Morgan fingerprint density at radius 2 is 1.73 bits per heavy atom. The maximum Gasteiger partial charge on any atom is 0.445 e. The van der Waals surface area contributed by atoms with E-state index in [9.17, 15) is 22.8 Å². The standard InChI is InChI=1S/C12H9F3N4O2S/c1-6(20)16-8-4-2-7(3-5-8)9(21)17-11-19-18-10(22-11)12(13,14)15/h2-5H,1H3,(H,16,20)(H,17,19,21). The Morgan fingerprint density at radius 1 is 1.09 bits per heavy atom. The van der Waals surface area contributed by atoms with Gasteiger partial charge in [0.25, 0.3) is 5.91 Å². The van der Waals surface area contributed by atoms with Crippen molar-refractivity contribution < 1.29 is 22.8 Å². The minimum atomic E-state index is -4.60. The number of carbonyl (C=O) groups excluding carboxylic acids is 2. The number of alkyl halides is 3. The normalized spacial score (nSPS) is 11.1. The Bertz CT molecular complexity index is 697. The third-order valence-electron chi connectivity index (χ3n) is 2.36. The van der Waals surface area contributed by atoms with Crippen LogP contribution in [0.5, 0.6) is 0 Å². The van der Waals surface area contributed by atoms with Gasteiger partial charge in [0.1, 0.15) is 0 Å². The molecule has 1 heterocycles. The quantitative estimate of drug-likeness (QED) is 0.906. The molecule has 10 heteroatoms. The largest absolute Gasteiger partial charge is 0.445 e. The fourth-order valence-electron chi connectivity index (χ4n) is 1.47. The van der Waals surface area contributed by atoms with E-state index in [0.717, 1.165) is 0 Å². The van der Waals surface area contributed by atoms with Crippen LogP contribution < -0.4 is 10.6 Å². The van der Waals surface area contributed by atoms with Crippen molar-refractivity contribution in [3.05, 3.63) is 34.8 Å². The summed E-state index contributed by atoms with van der Waals surface area (Å²) >= 11 is 0.238. The molecule has 6 nitrogen and oxygen atoms in total. The van der Waals surface area contributed by atoms with E-state index >= 15 is 0 Å². The van der Waals surface area contributed by atoms with Crippen LogP contribution in [-0.4, -0.2) is 22.0 Å². The minimum Gasteiger partial charge on any atom is -0.326 e. The third kappa shape index (κ3) is 4.01. The molecule has 2 aromatic rings. The molecule has 2 N–H and O–H groups in total. The number of hydrogen-bond donors (Lipinski definition) is 2. The van der Waals surface area contributed by atoms with Crippen molar-refractivity contribution in [3.63, 3.8) is 0 Å². The number of anilines is 2. The lowest BCUT2D eigenvalue weighted by atomic mass is 10.2. The van der Waals surface area contributed by atoms with Crippen molar-refractivity contribution in [2.45, 2.75) is 13.1 Å². The number of nitrogens with one attached hydrogen (secondary N) is 2. The van der Waals surface area contributed by atoms with Crippen LogP contribution in [0.3, 0.4) is 0 Å². The minimum absolute atomic E-state index is 0.206. The van der Waals surface area contributed by atoms with Gasteiger partial charge in [-0.25, -0.2) is 0 Å². The summed E-state index contributed by atoms with van der Waals surface area (Å²) in [6.07, 6.45) is -4.60. The third-order valence-corrected chi connectivity index (χ3v) is 3.24. The zero-order valence-corrected chi connectivity index (χ0v) is 11.9. The smallest absolute Gasteiger partial charge is 0.326 e. The second-order valence-corrected chi connectivity index (χ2v) is 5.10. The molecule has 2 rings (SSSR count). The molecule has 0 atom stereocenters. The predicted octanol–water partition coefficient (Wildman–Crippen LogP) is 2.77. The molecule has 0 saturated heterocycles. The second kappa shape index (κ2) is 6.10. The number of hydrogen-bond acceptors (Lipinski definition) is 5. The SMILES string of the molecule is CC(=O)Nc1ccc(C(=O)Nc2nnc(C(F)(F)F)s2)cc1. The molecule has 0 bridgehead atoms. The van der Waals surface area contributed by atoms with Crippen LogP contribution in [0, 0.1) is 0 Å². The van der Waals surface area contributed by atoms with Crippen LogP contribution in [-0.2, 0) is 11.0 Å². The Morgan fingerprint density at radius 3 is 2.23 bits per heavy atom. The van der Waals surface area contributed by atoms with Crippen LogP contribution in [0.2, 0.25) is 0 Å². The highest BCUT2D eigenvalue weighted by atomic mass is 32.1. The summed E-state index contributed by atoms with van der Waals surface area (Å²) in [5, 5.41) is 9.60. The first-order valence-corrected chi connectivity index (χ1v) is 6.67. The predicted molar refractivity (Wildman–Crippen MR) is 73.6 cm³/mol. The molecule has 22 heavy (non-hydrogen) atoms. The number of halogens is 3. The fraction of sp³-hybridized carbons (Fsp3) is 0.167. The number of amides is 2. The average Bonchev–Trinajstić information content (AvgIpc) is 2.87. The second-order valence-electron chi connectivity index (χ2n) is 4.12. The summed E-state index contributed by atoms with van der Waals surface area (Å²) in [5.74, 6) is -0.884. The highest BCUT2D eigenvalue weighted by Crippen LogP contribution is 2.33. The van der Waals surface area contributed by atoms with Crippen molar-refractivity contribution >= 4 is 34.0 Å². The maximum absolute atomic E-state index is 12.4. The molecule has 0 spiro atoms. The number of rotatable bonds is 3. The molecule has 2 amide bonds. The van der Waals surface area contributed by atoms with Crippen molar-refractivity contribution in [3.8, 4) is 0 Å². The first-order valence-electron chi connectivity index (χ1n) is 5.85. The number of aromatic nitrogens is 2. The van der Waals surface area contributed by atoms with E-state index in [2.05, 4.69) is 20.8 Å². The molecule has 0 aliphatic heterocycles. The van der Waals surface area contributed by atoms with Crippen LogP contribution in [0.15, 0.2) is 24.3 Å². The van der Waals surface area contributed by atoms with Gasteiger partial charge in [-0.2, -0.15) is 13.2 Å². The fourth-order valence-corrected chi connectivity index (χ4v) is 2.07. The highest BCUT2D eigenvalue weighted by molar-refractivity contribution is 7.15. The number of nitrogens with zero attached hydrogens (tertiary/aromatic N) is 2. The summed E-state index contributed by atoms with van der Waals surface area (Å²) < 4.78 is 37.1. The molecular weight excluding hydrogens is 321 g/mol. The van der Waals surface area contributed by atoms with E-state index in [1.165, 1.54) is 31.2 Å². The summed E-state index contributed by atoms with van der Waals surface area (Å²) in [4.78, 5) is 22.7. The van der Waals surface area contributed by atoms with Crippen LogP contribution >= 0.6 is 11.3 Å². The van der Waals surface area contributed by atoms with Gasteiger partial charge in [0, 0.05) is 18.2 Å². The van der Waals surface area contributed by atoms with Gasteiger partial charge >= 0.3 is 6.18 Å². The van der Waals surface area contributed by atoms with Gasteiger partial charge in [-0.1, -0.05) is 11.3 Å². The number of benzene rings is 1. The topological polar surface area (TPSA) is 84.0 Å². The van der Waals surface area contributed by atoms with Gasteiger partial charge in [0.15, 0.2) is 0 Å². The Balaban J connectivity index is 2.06. The molecular formula is C12H9F3N4O2S. The van der Waals surface area contributed by atoms with E-state index in [1.54, 1.807) is 0 Å². The van der Waals surface area contributed by atoms with E-state index in [1.807, 2.05) is 0 Å². The monoisotopic (exact) mass is 330 g/mol. The molecule has 0 saturated carbocycles. The number of carbonyl (C=O) groups is 2. The molecule has 116 valence electrons. The molecule has 0 fully saturated rings. The van der Waals surface area contributed by atoms with E-state index in [0.29, 0.717) is 5.69 Å².